The summed E-state index contributed by atoms with van der Waals surface area (Å²) < 4.78 is 12.9. The number of nitrogens with zero attached hydrogens (tertiary/aromatic N) is 3. The van der Waals surface area contributed by atoms with Crippen LogP contribution >= 0.6 is 11.6 Å². The van der Waals surface area contributed by atoms with Gasteiger partial charge in [-0.15, -0.1) is 10.2 Å². The van der Waals surface area contributed by atoms with Crippen molar-refractivity contribution in [2.24, 2.45) is 0 Å². The second-order valence-electron chi connectivity index (χ2n) is 5.11. The Hall–Kier alpha value is -3.06. The molecule has 6 nitrogen and oxygen atoms in total. The smallest absolute Gasteiger partial charge is 0.258 e. The Morgan fingerprint density at radius 3 is 2.71 bits per heavy atom. The van der Waals surface area contributed by atoms with Gasteiger partial charge in [0.2, 0.25) is 0 Å². The fourth-order valence-electron chi connectivity index (χ4n) is 2.37. The van der Waals surface area contributed by atoms with Crippen molar-refractivity contribution >= 4 is 45.5 Å². The molecular weight excluding hydrogens is 333 g/mol. The molecule has 4 aromatic rings. The Balaban J connectivity index is 1.68. The first kappa shape index (κ1) is 14.5. The van der Waals surface area contributed by atoms with Gasteiger partial charge < -0.3 is 4.98 Å². The number of carbonyl (C=O) groups is 1. The molecule has 118 valence electrons. The van der Waals surface area contributed by atoms with Crippen LogP contribution in [-0.2, 0) is 0 Å². The van der Waals surface area contributed by atoms with E-state index in [0.717, 1.165) is 10.9 Å². The molecule has 2 aromatic carbocycles. The lowest BCUT2D eigenvalue weighted by Gasteiger charge is -2.02. The molecule has 8 heteroatoms. The number of anilines is 1. The third-order valence-corrected chi connectivity index (χ3v) is 3.74. The molecule has 1 amide bonds. The molecule has 0 aliphatic rings. The van der Waals surface area contributed by atoms with Crippen LogP contribution in [0, 0.1) is 5.82 Å². The number of halogens is 2. The van der Waals surface area contributed by atoms with E-state index < -0.39 is 11.7 Å². The highest BCUT2D eigenvalue weighted by molar-refractivity contribution is 6.31. The van der Waals surface area contributed by atoms with Crippen LogP contribution in [0.4, 0.5) is 10.3 Å². The van der Waals surface area contributed by atoms with Gasteiger partial charge in [0, 0.05) is 21.5 Å². The van der Waals surface area contributed by atoms with Crippen LogP contribution in [0.25, 0.3) is 22.1 Å². The lowest BCUT2D eigenvalue weighted by molar-refractivity contribution is 0.102. The van der Waals surface area contributed by atoms with Gasteiger partial charge in [-0.2, -0.15) is 4.98 Å². The minimum Gasteiger partial charge on any atom is -0.338 e. The number of aromatic nitrogens is 4. The molecule has 2 heterocycles. The zero-order chi connectivity index (χ0) is 16.7. The fraction of sp³-hybridized carbons (Fsp3) is 0. The Kier molecular flexibility index (Phi) is 3.35. The average molecular weight is 342 g/mol. The number of rotatable bonds is 2. The predicted molar refractivity (Wildman–Crippen MR) is 88.6 cm³/mol. The number of carbonyl (C=O) groups excluding carboxylic acids is 1. The lowest BCUT2D eigenvalue weighted by Crippen LogP contribution is -2.14. The maximum absolute atomic E-state index is 12.9. The zero-order valence-corrected chi connectivity index (χ0v) is 12.8. The van der Waals surface area contributed by atoms with Crippen molar-refractivity contribution in [2.45, 2.75) is 0 Å². The normalized spacial score (nSPS) is 11.1. The summed E-state index contributed by atoms with van der Waals surface area (Å²) >= 11 is 5.99. The van der Waals surface area contributed by atoms with Crippen LogP contribution < -0.4 is 5.32 Å². The van der Waals surface area contributed by atoms with E-state index in [1.165, 1.54) is 24.3 Å². The second kappa shape index (κ2) is 5.54. The Morgan fingerprint density at radius 1 is 1.12 bits per heavy atom. The van der Waals surface area contributed by atoms with Crippen molar-refractivity contribution in [3.05, 3.63) is 58.9 Å². The molecule has 4 rings (SSSR count). The van der Waals surface area contributed by atoms with Gasteiger partial charge in [-0.05, 0) is 42.5 Å². The van der Waals surface area contributed by atoms with E-state index in [1.807, 2.05) is 6.07 Å². The molecule has 0 saturated heterocycles. The molecule has 0 saturated carbocycles. The van der Waals surface area contributed by atoms with Crippen molar-refractivity contribution in [2.75, 3.05) is 5.32 Å². The number of hydrogen-bond acceptors (Lipinski definition) is 4. The first-order chi connectivity index (χ1) is 11.6. The number of H-pyrrole nitrogens is 1. The number of amides is 1. The SMILES string of the molecule is O=C(Nc1nnc2c(n1)[nH]c1ccc(Cl)cc12)c1ccc(F)cc1. The first-order valence-corrected chi connectivity index (χ1v) is 7.36. The minimum atomic E-state index is -0.449. The summed E-state index contributed by atoms with van der Waals surface area (Å²) in [6, 6.07) is 10.5. The third kappa shape index (κ3) is 2.55. The van der Waals surface area contributed by atoms with E-state index in [0.29, 0.717) is 21.7 Å². The molecule has 0 radical (unpaired) electrons. The standard InChI is InChI=1S/C16H9ClFN5O/c17-9-3-6-12-11(7-9)13-14(19-12)20-16(23-22-13)21-15(24)8-1-4-10(18)5-2-8/h1-7H,(H2,19,20,21,23,24). The van der Waals surface area contributed by atoms with E-state index in [-0.39, 0.29) is 5.95 Å². The van der Waals surface area contributed by atoms with Gasteiger partial charge in [0.15, 0.2) is 5.65 Å². The molecule has 2 N–H and O–H groups in total. The third-order valence-electron chi connectivity index (χ3n) is 3.51. The van der Waals surface area contributed by atoms with Crippen molar-refractivity contribution in [1.82, 2.24) is 20.2 Å². The maximum Gasteiger partial charge on any atom is 0.258 e. The van der Waals surface area contributed by atoms with Crippen LogP contribution in [0.3, 0.4) is 0 Å². The van der Waals surface area contributed by atoms with Crippen molar-refractivity contribution in [3.8, 4) is 0 Å². The molecule has 0 spiro atoms. The number of nitrogens with one attached hydrogen (secondary N) is 2. The predicted octanol–water partition coefficient (Wildman–Crippen LogP) is 3.55. The van der Waals surface area contributed by atoms with Gasteiger partial charge in [-0.3, -0.25) is 10.1 Å². The Labute approximate surface area is 139 Å². The highest BCUT2D eigenvalue weighted by Crippen LogP contribution is 2.25. The van der Waals surface area contributed by atoms with Crippen LogP contribution in [0.1, 0.15) is 10.4 Å². The highest BCUT2D eigenvalue weighted by atomic mass is 35.5. The van der Waals surface area contributed by atoms with Crippen molar-refractivity contribution in [1.29, 1.82) is 0 Å². The zero-order valence-electron chi connectivity index (χ0n) is 12.0. The average Bonchev–Trinajstić information content (AvgIpc) is 2.92. The Morgan fingerprint density at radius 2 is 1.92 bits per heavy atom. The summed E-state index contributed by atoms with van der Waals surface area (Å²) in [7, 11) is 0. The van der Waals surface area contributed by atoms with Gasteiger partial charge in [0.05, 0.1) is 0 Å². The molecule has 2 aromatic heterocycles. The van der Waals surface area contributed by atoms with E-state index in [9.17, 15) is 9.18 Å². The molecule has 24 heavy (non-hydrogen) atoms. The second-order valence-corrected chi connectivity index (χ2v) is 5.54. The van der Waals surface area contributed by atoms with Gasteiger partial charge in [-0.25, -0.2) is 4.39 Å². The number of benzene rings is 2. The number of hydrogen-bond donors (Lipinski definition) is 2. The topological polar surface area (TPSA) is 83.6 Å². The van der Waals surface area contributed by atoms with Crippen LogP contribution in [0.5, 0.6) is 0 Å². The summed E-state index contributed by atoms with van der Waals surface area (Å²) in [5.41, 5.74) is 2.16. The van der Waals surface area contributed by atoms with Crippen molar-refractivity contribution < 1.29 is 9.18 Å². The van der Waals surface area contributed by atoms with Crippen LogP contribution in [0.15, 0.2) is 42.5 Å². The maximum atomic E-state index is 12.9. The van der Waals surface area contributed by atoms with Gasteiger partial charge in [0.25, 0.3) is 11.9 Å². The van der Waals surface area contributed by atoms with Crippen LogP contribution in [0.2, 0.25) is 5.02 Å². The number of aromatic amines is 1. The summed E-state index contributed by atoms with van der Waals surface area (Å²) in [5, 5.41) is 11.9. The Bertz CT molecular complexity index is 1080. The molecule has 0 aliphatic heterocycles. The lowest BCUT2D eigenvalue weighted by atomic mass is 10.2. The van der Waals surface area contributed by atoms with E-state index >= 15 is 0 Å². The number of fused-ring (bicyclic) bond motifs is 3. The molecule has 0 aliphatic carbocycles. The summed E-state index contributed by atoms with van der Waals surface area (Å²) in [6.07, 6.45) is 0. The quantitative estimate of drug-likeness (QED) is 0.584. The summed E-state index contributed by atoms with van der Waals surface area (Å²) in [4.78, 5) is 19.4. The van der Waals surface area contributed by atoms with Gasteiger partial charge in [-0.1, -0.05) is 11.6 Å². The largest absolute Gasteiger partial charge is 0.338 e. The summed E-state index contributed by atoms with van der Waals surface area (Å²) in [5.74, 6) is -0.813. The minimum absolute atomic E-state index is 0.0504. The monoisotopic (exact) mass is 341 g/mol. The van der Waals surface area contributed by atoms with Gasteiger partial charge >= 0.3 is 0 Å². The highest BCUT2D eigenvalue weighted by Gasteiger charge is 2.12. The fourth-order valence-corrected chi connectivity index (χ4v) is 2.54. The summed E-state index contributed by atoms with van der Waals surface area (Å²) in [6.45, 7) is 0. The molecule has 0 unspecified atom stereocenters. The van der Waals surface area contributed by atoms with Crippen LogP contribution in [-0.4, -0.2) is 26.1 Å². The molecule has 0 fully saturated rings. The van der Waals surface area contributed by atoms with Crippen molar-refractivity contribution in [3.63, 3.8) is 0 Å². The molecular formula is C16H9ClFN5O. The van der Waals surface area contributed by atoms with E-state index in [1.54, 1.807) is 12.1 Å². The first-order valence-electron chi connectivity index (χ1n) is 6.99. The molecule has 0 atom stereocenters. The van der Waals surface area contributed by atoms with Gasteiger partial charge in [0.1, 0.15) is 11.3 Å². The van der Waals surface area contributed by atoms with E-state index in [2.05, 4.69) is 25.5 Å². The van der Waals surface area contributed by atoms with E-state index in [4.69, 9.17) is 11.6 Å². The molecule has 0 bridgehead atoms.